The first-order valence-corrected chi connectivity index (χ1v) is 8.29. The molecule has 0 saturated heterocycles. The summed E-state index contributed by atoms with van der Waals surface area (Å²) in [5.41, 5.74) is 1.09. The van der Waals surface area contributed by atoms with Crippen LogP contribution in [0.5, 0.6) is 0 Å². The van der Waals surface area contributed by atoms with Gasteiger partial charge in [0.1, 0.15) is 0 Å². The summed E-state index contributed by atoms with van der Waals surface area (Å²) in [5.74, 6) is 0. The average molecular weight is 277 g/mol. The summed E-state index contributed by atoms with van der Waals surface area (Å²) in [6, 6.07) is 6.53. The fourth-order valence-electron chi connectivity index (χ4n) is 0.926. The Morgan fingerprint density at radius 2 is 1.75 bits per heavy atom. The summed E-state index contributed by atoms with van der Waals surface area (Å²) >= 11 is -4.91. The van der Waals surface area contributed by atoms with Crippen molar-refractivity contribution in [2.24, 2.45) is 0 Å². The van der Waals surface area contributed by atoms with Crippen LogP contribution in [0.15, 0.2) is 24.3 Å². The minimum atomic E-state index is -4.91. The van der Waals surface area contributed by atoms with Crippen molar-refractivity contribution < 1.29 is 9.79 Å². The number of benzene rings is 1. The predicted molar refractivity (Wildman–Crippen MR) is 46.3 cm³/mol. The molecular weight excluding hydrogens is 266 g/mol. The minimum absolute atomic E-state index is 0.172. The maximum atomic E-state index is 10.8. The van der Waals surface area contributed by atoms with Crippen LogP contribution < -0.4 is 3.51 Å². The first kappa shape index (κ1) is 9.84. The molecule has 1 rings (SSSR count). The van der Waals surface area contributed by atoms with E-state index < -0.39 is 19.6 Å². The molecule has 2 N–H and O–H groups in total. The Morgan fingerprint density at radius 1 is 1.25 bits per heavy atom. The van der Waals surface area contributed by atoms with Gasteiger partial charge in [0.25, 0.3) is 0 Å². The van der Waals surface area contributed by atoms with Gasteiger partial charge in [-0.2, -0.15) is 0 Å². The van der Waals surface area contributed by atoms with E-state index in [9.17, 15) is 3.02 Å². The fraction of sp³-hybridized carbons (Fsp3) is 0.250. The van der Waals surface area contributed by atoms with Crippen LogP contribution in [-0.4, -0.2) is 26.4 Å². The van der Waals surface area contributed by atoms with Crippen LogP contribution in [0.25, 0.3) is 0 Å². The van der Waals surface area contributed by atoms with Crippen LogP contribution in [0.4, 0.5) is 0 Å². The number of hydrogen-bond acceptors (Lipinski definition) is 1. The van der Waals surface area contributed by atoms with Crippen molar-refractivity contribution >= 4 is 23.1 Å². The molecule has 0 radical (unpaired) electrons. The van der Waals surface area contributed by atoms with Crippen LogP contribution >= 0.6 is 0 Å². The Labute approximate surface area is 76.2 Å². The third kappa shape index (κ3) is 2.37. The van der Waals surface area contributed by atoms with Crippen LogP contribution in [-0.2, 0) is 9.44 Å². The van der Waals surface area contributed by atoms with Gasteiger partial charge in [-0.05, 0) is 0 Å². The van der Waals surface area contributed by atoms with E-state index in [2.05, 4.69) is 0 Å². The number of hydrogen-bond donors (Lipinski definition) is 2. The normalized spacial score (nSPS) is 11.6. The van der Waals surface area contributed by atoms with Gasteiger partial charge >= 0.3 is 76.1 Å². The Morgan fingerprint density at radius 3 is 2.08 bits per heavy atom. The molecule has 1 aromatic carbocycles. The molecule has 0 spiro atoms. The zero-order valence-electron chi connectivity index (χ0n) is 6.77. The van der Waals surface area contributed by atoms with E-state index in [1.807, 2.05) is 6.92 Å². The summed E-state index contributed by atoms with van der Waals surface area (Å²) < 4.78 is 28.7. The molecule has 0 heterocycles. The molecule has 0 bridgehead atoms. The van der Waals surface area contributed by atoms with E-state index in [0.717, 1.165) is 12.0 Å². The first-order chi connectivity index (χ1) is 5.54. The second-order valence-corrected chi connectivity index (χ2v) is 7.14. The molecule has 3 nitrogen and oxygen atoms in total. The van der Waals surface area contributed by atoms with Crippen molar-refractivity contribution in [3.63, 3.8) is 0 Å². The molecule has 0 amide bonds. The zero-order valence-corrected chi connectivity index (χ0v) is 9.32. The molecule has 0 aliphatic carbocycles. The van der Waals surface area contributed by atoms with Crippen molar-refractivity contribution in [3.8, 4) is 0 Å². The van der Waals surface area contributed by atoms with Gasteiger partial charge < -0.3 is 0 Å². The van der Waals surface area contributed by atoms with Gasteiger partial charge in [-0.25, -0.2) is 0 Å². The molecule has 0 atom stereocenters. The molecule has 0 fully saturated rings. The van der Waals surface area contributed by atoms with Crippen molar-refractivity contribution in [2.45, 2.75) is 13.3 Å². The summed E-state index contributed by atoms with van der Waals surface area (Å²) in [5, 5.41) is 0. The molecule has 66 valence electrons. The number of aryl methyl sites for hydroxylation is 1. The molecule has 4 heteroatoms. The van der Waals surface area contributed by atoms with Crippen molar-refractivity contribution in [2.75, 3.05) is 0 Å². The first-order valence-electron chi connectivity index (χ1n) is 3.69. The van der Waals surface area contributed by atoms with Crippen LogP contribution in [0.1, 0.15) is 12.5 Å². The van der Waals surface area contributed by atoms with Gasteiger partial charge in [-0.3, -0.25) is 0 Å². The topological polar surface area (TPSA) is 57.5 Å². The molecule has 0 saturated carbocycles. The predicted octanol–water partition coefficient (Wildman–Crippen LogP) is -0.190. The Bertz CT molecular complexity index is 299. The van der Waals surface area contributed by atoms with E-state index in [4.69, 9.17) is 6.77 Å². The summed E-state index contributed by atoms with van der Waals surface area (Å²) in [6.45, 7) is 2.00. The van der Waals surface area contributed by atoms with Gasteiger partial charge in [0.05, 0.1) is 0 Å². The second kappa shape index (κ2) is 3.65. The molecule has 12 heavy (non-hydrogen) atoms. The molecule has 0 unspecified atom stereocenters. The molecule has 0 aliphatic heterocycles. The third-order valence-corrected chi connectivity index (χ3v) is 4.45. The quantitative estimate of drug-likeness (QED) is 0.737. The summed E-state index contributed by atoms with van der Waals surface area (Å²) in [7, 11) is 0. The van der Waals surface area contributed by atoms with E-state index >= 15 is 0 Å². The average Bonchev–Trinajstić information content (AvgIpc) is 2.03. The zero-order chi connectivity index (χ0) is 9.19. The second-order valence-electron chi connectivity index (χ2n) is 2.56. The summed E-state index contributed by atoms with van der Waals surface area (Å²) in [4.78, 5) is 0. The van der Waals surface area contributed by atoms with Crippen LogP contribution in [0.3, 0.4) is 0 Å². The monoisotopic (exact) mass is 276 g/mol. The van der Waals surface area contributed by atoms with Gasteiger partial charge in [0.15, 0.2) is 0 Å². The molecule has 0 aromatic heterocycles. The van der Waals surface area contributed by atoms with Crippen molar-refractivity contribution in [3.05, 3.63) is 29.8 Å². The number of rotatable bonds is 2. The third-order valence-electron chi connectivity index (χ3n) is 1.68. The van der Waals surface area contributed by atoms with Crippen molar-refractivity contribution in [1.29, 1.82) is 0 Å². The van der Waals surface area contributed by atoms with Crippen LogP contribution in [0.2, 0.25) is 0 Å². The van der Waals surface area contributed by atoms with Gasteiger partial charge in [-0.1, -0.05) is 0 Å². The maximum absolute atomic E-state index is 10.8. The van der Waals surface area contributed by atoms with Crippen molar-refractivity contribution in [1.82, 2.24) is 0 Å². The van der Waals surface area contributed by atoms with E-state index in [-0.39, 0.29) is 3.51 Å². The molecular formula is C8H11O3Sb. The summed E-state index contributed by atoms with van der Waals surface area (Å²) in [6.07, 6.45) is 0.886. The Balaban J connectivity index is 3.01. The van der Waals surface area contributed by atoms with E-state index in [1.165, 1.54) is 12.1 Å². The van der Waals surface area contributed by atoms with Gasteiger partial charge in [-0.15, -0.1) is 0 Å². The van der Waals surface area contributed by atoms with E-state index in [0.29, 0.717) is 0 Å². The molecule has 0 aliphatic rings. The Hall–Kier alpha value is -0.242. The SMILES string of the molecule is CCc1cc[c]([Sb](=[O])([OH])[OH])cc1. The van der Waals surface area contributed by atoms with Gasteiger partial charge in [0, 0.05) is 0 Å². The van der Waals surface area contributed by atoms with Crippen LogP contribution in [0, 0.1) is 0 Å². The van der Waals surface area contributed by atoms with Gasteiger partial charge in [0.2, 0.25) is 0 Å². The molecule has 1 aromatic rings. The Kier molecular flexibility index (Phi) is 2.99. The van der Waals surface area contributed by atoms with E-state index in [1.54, 1.807) is 12.1 Å². The fourth-order valence-corrected chi connectivity index (χ4v) is 2.46. The standard InChI is InChI=1S/C8H9.2H2O.O.Sb/c1-2-8-6-4-3-5-7-8;;;;/h4-7H,2H2,1H3;2*1H2;;/q;;;;+2/p-2.